The summed E-state index contributed by atoms with van der Waals surface area (Å²) in [7, 11) is 0. The van der Waals surface area contributed by atoms with E-state index in [0.717, 1.165) is 18.6 Å². The molecule has 1 heterocycles. The first-order valence-electron chi connectivity index (χ1n) is 6.02. The Labute approximate surface area is 97.3 Å². The average molecular weight is 226 g/mol. The molecule has 1 aliphatic heterocycles. The maximum Gasteiger partial charge on any atom is 0.0952 e. The van der Waals surface area contributed by atoms with Crippen molar-refractivity contribution in [2.24, 2.45) is 5.41 Å². The van der Waals surface area contributed by atoms with E-state index in [0.29, 0.717) is 0 Å². The van der Waals surface area contributed by atoms with Crippen LogP contribution in [0, 0.1) is 5.41 Å². The summed E-state index contributed by atoms with van der Waals surface area (Å²) in [6.07, 6.45) is 8.09. The molecule has 1 N–H and O–H groups in total. The number of aliphatic hydroxyl groups is 1. The molecule has 1 aliphatic carbocycles. The lowest BCUT2D eigenvalue weighted by Gasteiger charge is -2.43. The number of rotatable bonds is 1. The molecule has 0 aromatic heterocycles. The Morgan fingerprint density at radius 1 is 1.27 bits per heavy atom. The molecule has 1 fully saturated rings. The van der Waals surface area contributed by atoms with Crippen molar-refractivity contribution in [1.82, 2.24) is 0 Å². The lowest BCUT2D eigenvalue weighted by Crippen LogP contribution is -2.44. The maximum atomic E-state index is 10.7. The van der Waals surface area contributed by atoms with Crippen molar-refractivity contribution in [3.8, 4) is 0 Å². The van der Waals surface area contributed by atoms with Gasteiger partial charge in [-0.3, -0.25) is 0 Å². The van der Waals surface area contributed by atoms with E-state index in [1.165, 1.54) is 30.6 Å². The van der Waals surface area contributed by atoms with Crippen molar-refractivity contribution < 1.29 is 5.11 Å². The molecule has 0 amide bonds. The van der Waals surface area contributed by atoms with Crippen molar-refractivity contribution in [1.29, 1.82) is 0 Å². The van der Waals surface area contributed by atoms with Crippen molar-refractivity contribution in [3.63, 3.8) is 0 Å². The zero-order chi connectivity index (χ0) is 10.9. The normalized spacial score (nSPS) is 36.1. The molecule has 0 aromatic carbocycles. The third kappa shape index (κ3) is 2.59. The molecule has 0 bridgehead atoms. The second-order valence-corrected chi connectivity index (χ2v) is 6.83. The summed E-state index contributed by atoms with van der Waals surface area (Å²) >= 11 is 1.91. The van der Waals surface area contributed by atoms with Gasteiger partial charge in [-0.2, -0.15) is 11.8 Å². The predicted molar refractivity (Wildman–Crippen MR) is 67.2 cm³/mol. The van der Waals surface area contributed by atoms with Crippen LogP contribution in [0.15, 0.2) is 11.6 Å². The van der Waals surface area contributed by atoms with Gasteiger partial charge < -0.3 is 5.11 Å². The van der Waals surface area contributed by atoms with E-state index in [2.05, 4.69) is 19.9 Å². The van der Waals surface area contributed by atoms with Gasteiger partial charge in [-0.15, -0.1) is 0 Å². The summed E-state index contributed by atoms with van der Waals surface area (Å²) < 4.78 is 0. The zero-order valence-corrected chi connectivity index (χ0v) is 10.7. The van der Waals surface area contributed by atoms with Crippen LogP contribution in [0.25, 0.3) is 0 Å². The predicted octanol–water partition coefficient (Wildman–Crippen LogP) is 3.38. The molecule has 0 radical (unpaired) electrons. The van der Waals surface area contributed by atoms with Gasteiger partial charge in [0.25, 0.3) is 0 Å². The highest BCUT2D eigenvalue weighted by Crippen LogP contribution is 2.44. The summed E-state index contributed by atoms with van der Waals surface area (Å²) in [4.78, 5) is 0. The standard InChI is InChI=1S/C13H22OS/c1-12(2)8-13(14,10-15-9-12)11-6-4-3-5-7-11/h6,14H,3-5,7-10H2,1-2H3. The Hall–Kier alpha value is 0.0500. The third-order valence-electron chi connectivity index (χ3n) is 3.49. The minimum Gasteiger partial charge on any atom is -0.385 e. The highest BCUT2D eigenvalue weighted by molar-refractivity contribution is 7.99. The molecular weight excluding hydrogens is 204 g/mol. The van der Waals surface area contributed by atoms with Gasteiger partial charge in [-0.1, -0.05) is 19.9 Å². The topological polar surface area (TPSA) is 20.2 Å². The Morgan fingerprint density at radius 3 is 2.67 bits per heavy atom. The second kappa shape index (κ2) is 4.14. The van der Waals surface area contributed by atoms with Gasteiger partial charge in [0, 0.05) is 5.75 Å². The highest BCUT2D eigenvalue weighted by Gasteiger charge is 2.41. The van der Waals surface area contributed by atoms with Crippen LogP contribution in [0.1, 0.15) is 46.0 Å². The largest absolute Gasteiger partial charge is 0.385 e. The summed E-state index contributed by atoms with van der Waals surface area (Å²) in [5, 5.41) is 10.7. The van der Waals surface area contributed by atoms with Gasteiger partial charge in [0.15, 0.2) is 0 Å². The summed E-state index contributed by atoms with van der Waals surface area (Å²) in [6, 6.07) is 0. The van der Waals surface area contributed by atoms with E-state index in [-0.39, 0.29) is 5.41 Å². The first-order valence-corrected chi connectivity index (χ1v) is 7.17. The number of hydrogen-bond acceptors (Lipinski definition) is 2. The summed E-state index contributed by atoms with van der Waals surface area (Å²) in [5.74, 6) is 2.09. The van der Waals surface area contributed by atoms with Gasteiger partial charge in [-0.05, 0) is 48.8 Å². The van der Waals surface area contributed by atoms with E-state index in [9.17, 15) is 5.11 Å². The van der Waals surface area contributed by atoms with E-state index in [4.69, 9.17) is 0 Å². The van der Waals surface area contributed by atoms with Crippen LogP contribution in [-0.2, 0) is 0 Å². The Balaban J connectivity index is 2.14. The van der Waals surface area contributed by atoms with Crippen molar-refractivity contribution >= 4 is 11.8 Å². The lowest BCUT2D eigenvalue weighted by atomic mass is 9.75. The molecule has 0 spiro atoms. The molecule has 2 aliphatic rings. The minimum atomic E-state index is -0.493. The van der Waals surface area contributed by atoms with Crippen LogP contribution in [0.5, 0.6) is 0 Å². The molecule has 2 rings (SSSR count). The molecule has 1 atom stereocenters. The molecule has 2 heteroatoms. The monoisotopic (exact) mass is 226 g/mol. The molecular formula is C13H22OS. The summed E-state index contributed by atoms with van der Waals surface area (Å²) in [6.45, 7) is 4.54. The molecule has 1 nitrogen and oxygen atoms in total. The third-order valence-corrected chi connectivity index (χ3v) is 5.16. The van der Waals surface area contributed by atoms with Gasteiger partial charge in [-0.25, -0.2) is 0 Å². The maximum absolute atomic E-state index is 10.7. The van der Waals surface area contributed by atoms with E-state index >= 15 is 0 Å². The molecule has 1 saturated heterocycles. The van der Waals surface area contributed by atoms with Crippen molar-refractivity contribution in [2.75, 3.05) is 11.5 Å². The van der Waals surface area contributed by atoms with Crippen molar-refractivity contribution in [2.45, 2.75) is 51.6 Å². The fourth-order valence-corrected chi connectivity index (χ4v) is 4.24. The highest BCUT2D eigenvalue weighted by atomic mass is 32.2. The minimum absolute atomic E-state index is 0.288. The van der Waals surface area contributed by atoms with Crippen LogP contribution >= 0.6 is 11.8 Å². The van der Waals surface area contributed by atoms with Gasteiger partial charge in [0.1, 0.15) is 0 Å². The van der Waals surface area contributed by atoms with Crippen LogP contribution in [0.4, 0.5) is 0 Å². The first-order chi connectivity index (χ1) is 7.02. The summed E-state index contributed by atoms with van der Waals surface area (Å²) in [5.41, 5.74) is 1.12. The van der Waals surface area contributed by atoms with Crippen LogP contribution < -0.4 is 0 Å². The Kier molecular flexibility index (Phi) is 3.18. The quantitative estimate of drug-likeness (QED) is 0.692. The average Bonchev–Trinajstić information content (AvgIpc) is 2.17. The van der Waals surface area contributed by atoms with Crippen LogP contribution in [-0.4, -0.2) is 22.2 Å². The SMILES string of the molecule is CC1(C)CSCC(O)(C2=CCCCC2)C1. The van der Waals surface area contributed by atoms with E-state index in [1.807, 2.05) is 11.8 Å². The van der Waals surface area contributed by atoms with E-state index < -0.39 is 5.60 Å². The Morgan fingerprint density at radius 2 is 2.07 bits per heavy atom. The molecule has 15 heavy (non-hydrogen) atoms. The molecule has 0 aromatic rings. The fraction of sp³-hybridized carbons (Fsp3) is 0.846. The van der Waals surface area contributed by atoms with E-state index in [1.54, 1.807) is 0 Å². The smallest absolute Gasteiger partial charge is 0.0952 e. The van der Waals surface area contributed by atoms with Gasteiger partial charge in [0.05, 0.1) is 5.60 Å². The van der Waals surface area contributed by atoms with Gasteiger partial charge >= 0.3 is 0 Å². The number of hydrogen-bond donors (Lipinski definition) is 1. The Bertz CT molecular complexity index is 270. The van der Waals surface area contributed by atoms with Crippen LogP contribution in [0.3, 0.4) is 0 Å². The van der Waals surface area contributed by atoms with Crippen LogP contribution in [0.2, 0.25) is 0 Å². The molecule has 1 unspecified atom stereocenters. The number of allylic oxidation sites excluding steroid dienone is 1. The van der Waals surface area contributed by atoms with Gasteiger partial charge in [0.2, 0.25) is 0 Å². The fourth-order valence-electron chi connectivity index (χ4n) is 2.86. The molecule has 0 saturated carbocycles. The zero-order valence-electron chi connectivity index (χ0n) is 9.88. The number of thioether (sulfide) groups is 1. The molecule has 86 valence electrons. The first kappa shape index (κ1) is 11.5. The lowest BCUT2D eigenvalue weighted by molar-refractivity contribution is 0.0489. The van der Waals surface area contributed by atoms with Crippen molar-refractivity contribution in [3.05, 3.63) is 11.6 Å². The second-order valence-electron chi connectivity index (χ2n) is 5.84.